The highest BCUT2D eigenvalue weighted by molar-refractivity contribution is 5.98. The lowest BCUT2D eigenvalue weighted by molar-refractivity contribution is -0.138. The first-order chi connectivity index (χ1) is 41.1. The number of aromatic amines is 1. The van der Waals surface area contributed by atoms with Gasteiger partial charge in [0.15, 0.2) is 36.8 Å². The number of hydrogen-bond acceptors (Lipinski definition) is 21. The minimum atomic E-state index is -2.07. The molecule has 20 N–H and O–H groups in total. The zero-order chi connectivity index (χ0) is 65.5. The molecule has 0 bridgehead atoms. The van der Waals surface area contributed by atoms with E-state index in [9.17, 15) is 77.0 Å². The Kier molecular flexibility index (Phi) is 32.3. The number of nitrogens with one attached hydrogen (secondary N) is 15. The Morgan fingerprint density at radius 2 is 0.966 bits per heavy atom. The number of carboxylic acids is 1. The van der Waals surface area contributed by atoms with E-state index in [-0.39, 0.29) is 50.4 Å². The quantitative estimate of drug-likeness (QED) is 0.00965. The third kappa shape index (κ3) is 26.8. The van der Waals surface area contributed by atoms with Crippen LogP contribution in [0.5, 0.6) is 0 Å². The van der Waals surface area contributed by atoms with Crippen LogP contribution in [0.15, 0.2) is 35.5 Å². The molecule has 0 aliphatic rings. The second-order valence-electron chi connectivity index (χ2n) is 20.5. The van der Waals surface area contributed by atoms with E-state index in [4.69, 9.17) is 11.5 Å². The van der Waals surface area contributed by atoms with E-state index in [1.165, 1.54) is 27.8 Å². The zero-order valence-corrected chi connectivity index (χ0v) is 49.5. The van der Waals surface area contributed by atoms with Gasteiger partial charge in [0, 0.05) is 44.0 Å². The van der Waals surface area contributed by atoms with Crippen molar-refractivity contribution in [2.75, 3.05) is 13.6 Å². The number of aliphatic carboxylic acids is 1. The number of rotatable bonds is 42. The predicted molar refractivity (Wildman–Crippen MR) is 311 cm³/mol. The lowest BCUT2D eigenvalue weighted by Crippen LogP contribution is -2.68. The number of guanidine groups is 1. The molecule has 0 radical (unpaired) electrons. The normalized spacial score (nSPS) is 15.6. The van der Waals surface area contributed by atoms with E-state index < -0.39 is 151 Å². The number of carboxylic acid groups (broad SMARTS) is 1. The molecule has 0 unspecified atom stereocenters. The van der Waals surface area contributed by atoms with Gasteiger partial charge in [-0.1, -0.05) is 32.0 Å². The maximum Gasteiger partial charge on any atom is 0.303 e. The summed E-state index contributed by atoms with van der Waals surface area (Å²) in [5.74, 6) is -11.1. The van der Waals surface area contributed by atoms with Crippen LogP contribution in [0, 0.1) is 5.92 Å². The van der Waals surface area contributed by atoms with E-state index in [0.717, 1.165) is 24.8 Å². The van der Waals surface area contributed by atoms with Gasteiger partial charge >= 0.3 is 5.97 Å². The number of aromatic nitrogens is 1. The van der Waals surface area contributed by atoms with Gasteiger partial charge in [-0.25, -0.2) is 0 Å². The van der Waals surface area contributed by atoms with Crippen LogP contribution in [0.25, 0.3) is 10.9 Å². The average Bonchev–Trinajstić information content (AvgIpc) is 2.38. The summed E-state index contributed by atoms with van der Waals surface area (Å²) < 4.78 is 0. The monoisotopic (exact) mass is 1230 g/mol. The van der Waals surface area contributed by atoms with Gasteiger partial charge in [0.2, 0.25) is 23.6 Å². The molecule has 480 valence electrons. The van der Waals surface area contributed by atoms with Crippen LogP contribution in [0.3, 0.4) is 0 Å². The number of para-hydroxylation sites is 1. The Labute approximate surface area is 500 Å². The second kappa shape index (κ2) is 38.0. The van der Waals surface area contributed by atoms with Crippen LogP contribution in [0.4, 0.5) is 0 Å². The summed E-state index contributed by atoms with van der Waals surface area (Å²) in [5, 5.41) is 44.2. The van der Waals surface area contributed by atoms with Gasteiger partial charge < -0.3 is 93.4 Å². The van der Waals surface area contributed by atoms with Gasteiger partial charge in [0.05, 0.1) is 30.2 Å². The Morgan fingerprint density at radius 3 is 1.41 bits per heavy atom. The molecule has 9 amide bonds. The molecular formula is C53H82N18O16. The highest BCUT2D eigenvalue weighted by atomic mass is 16.4. The molecule has 34 nitrogen and oxygen atoms in total. The van der Waals surface area contributed by atoms with E-state index in [1.54, 1.807) is 38.2 Å². The van der Waals surface area contributed by atoms with Crippen molar-refractivity contribution in [1.29, 1.82) is 0 Å². The van der Waals surface area contributed by atoms with Crippen molar-refractivity contribution in [3.05, 3.63) is 36.0 Å². The van der Waals surface area contributed by atoms with E-state index in [0.29, 0.717) is 30.7 Å². The van der Waals surface area contributed by atoms with Crippen LogP contribution in [0.2, 0.25) is 0 Å². The van der Waals surface area contributed by atoms with E-state index in [1.807, 2.05) is 6.07 Å². The summed E-state index contributed by atoms with van der Waals surface area (Å²) in [6, 6.07) is -3.23. The molecule has 2 aromatic rings. The van der Waals surface area contributed by atoms with Crippen molar-refractivity contribution in [1.82, 2.24) is 79.4 Å². The molecule has 0 spiro atoms. The van der Waals surface area contributed by atoms with Crippen molar-refractivity contribution in [2.45, 2.75) is 166 Å². The number of aliphatic imine (C=N–C) groups is 1. The molecule has 0 aliphatic carbocycles. The third-order valence-corrected chi connectivity index (χ3v) is 12.6. The first-order valence-corrected chi connectivity index (χ1v) is 27.6. The second-order valence-corrected chi connectivity index (χ2v) is 20.5. The molecule has 1 heterocycles. The Bertz CT molecular complexity index is 2760. The minimum absolute atomic E-state index is 0.0181. The number of amides is 9. The fourth-order valence-corrected chi connectivity index (χ4v) is 8.10. The number of aldehydes is 5. The summed E-state index contributed by atoms with van der Waals surface area (Å²) in [6.45, 7) is 9.66. The Balaban J connectivity index is 2.47. The summed E-state index contributed by atoms with van der Waals surface area (Å²) in [5.41, 5.74) is 12.2. The molecule has 0 saturated heterocycles. The number of H-pyrrole nitrogens is 1. The van der Waals surface area contributed by atoms with Crippen LogP contribution in [-0.2, 0) is 78.3 Å². The maximum absolute atomic E-state index is 14.3. The van der Waals surface area contributed by atoms with E-state index in [2.05, 4.69) is 84.4 Å². The van der Waals surface area contributed by atoms with Gasteiger partial charge in [-0.2, -0.15) is 0 Å². The summed E-state index contributed by atoms with van der Waals surface area (Å²) >= 11 is 0. The summed E-state index contributed by atoms with van der Waals surface area (Å²) in [4.78, 5) is 201. The van der Waals surface area contributed by atoms with Crippen LogP contribution in [0.1, 0.15) is 86.1 Å². The largest absolute Gasteiger partial charge is 0.481 e. The molecule has 0 saturated carbocycles. The Hall–Kier alpha value is -9.12. The molecule has 0 fully saturated rings. The van der Waals surface area contributed by atoms with Gasteiger partial charge in [0.1, 0.15) is 49.6 Å². The number of carbonyl (C=O) groups is 15. The van der Waals surface area contributed by atoms with Crippen LogP contribution >= 0.6 is 0 Å². The molecule has 2 rings (SSSR count). The van der Waals surface area contributed by atoms with Gasteiger partial charge in [-0.05, 0) is 77.3 Å². The van der Waals surface area contributed by atoms with Crippen molar-refractivity contribution >= 4 is 107 Å². The standard InChI is InChI=1S/C53H82N18O16/c1-26(2)18-35(24-75)65-44(52(87)70-40(48(83)56-8)63-33(22-73)12-11-17-57-53(54)55)71-51(86)43(64-34(23-74)15-16-39(78)79)69-47(82)30(6)61-49(84)41(59-27(3)21-72)67-46(81)29(5)62-50(85)42(68-45(80)28(4)60-31(7)77)66-36(25-76)19-32-20-58-38-14-10-9-13-37(32)38/h9-10,13-14,20-30,33-36,40-44,58-59,63-66H,11-12,15-19H2,1-8H3,(H,56,83)(H,60,77)(H,61,84)(H,62,85)(H,67,81)(H,68,80)(H,69,82)(H,70,87)(H,71,86)(H,78,79)(H4,54,55,57)/t27-,28-,29-,30-,33+,34+,35+,36+,40+,41+,42+,43+,44+/m0/s1. The molecule has 34 heteroatoms. The van der Waals surface area contributed by atoms with Gasteiger partial charge in [-0.3, -0.25) is 79.5 Å². The summed E-state index contributed by atoms with van der Waals surface area (Å²) in [7, 11) is 1.22. The van der Waals surface area contributed by atoms with Crippen molar-refractivity contribution < 1.29 is 77.0 Å². The zero-order valence-electron chi connectivity index (χ0n) is 49.5. The van der Waals surface area contributed by atoms with Crippen LogP contribution < -0.4 is 85.9 Å². The lowest BCUT2D eigenvalue weighted by Gasteiger charge is -2.30. The fraction of sp³-hybridized carbons (Fsp3) is 0.547. The summed E-state index contributed by atoms with van der Waals surface area (Å²) in [6.07, 6.45) is -6.30. The number of benzene rings is 1. The number of carbonyl (C=O) groups excluding carboxylic acids is 14. The lowest BCUT2D eigenvalue weighted by atomic mass is 10.0. The third-order valence-electron chi connectivity index (χ3n) is 12.6. The number of fused-ring (bicyclic) bond motifs is 1. The average molecular weight is 1230 g/mol. The number of likely N-dealkylation sites (N-methyl/N-ethyl adjacent to an activating group) is 1. The first-order valence-electron chi connectivity index (χ1n) is 27.6. The number of nitrogens with two attached hydrogens (primary N) is 2. The molecular weight excluding hydrogens is 1140 g/mol. The van der Waals surface area contributed by atoms with Crippen LogP contribution in [-0.4, -0.2) is 199 Å². The predicted octanol–water partition coefficient (Wildman–Crippen LogP) is -7.03. The highest BCUT2D eigenvalue weighted by Crippen LogP contribution is 2.19. The smallest absolute Gasteiger partial charge is 0.303 e. The topological polar surface area (TPSA) is 525 Å². The van der Waals surface area contributed by atoms with Gasteiger partial charge in [0.25, 0.3) is 29.5 Å². The number of nitrogens with zero attached hydrogens (tertiary/aromatic N) is 1. The van der Waals surface area contributed by atoms with Crippen molar-refractivity contribution in [3.63, 3.8) is 0 Å². The minimum Gasteiger partial charge on any atom is -0.481 e. The first kappa shape index (κ1) is 74.0. The SMILES string of the molecule is CNC(=O)[C@@H](NC(=O)[C@@H](NC(=O)[C@@H](NC(=O)[C@H](C)NC(=O)[C@@H](NC(=O)[C@H](C)NC(=O)[C@@H](NC(=O)[C@H](C)NC(C)=O)N[C@@H](C=O)Cc1c[nH]c2ccccc12)N[C@@H](C)C=O)N[C@@H](C=O)CCC(=O)O)N[C@@H](C=O)CC(C)C)N[C@@H](C=O)CCCN=C(N)N. The molecule has 87 heavy (non-hydrogen) atoms. The van der Waals surface area contributed by atoms with E-state index >= 15 is 0 Å². The molecule has 1 aromatic carbocycles. The van der Waals surface area contributed by atoms with Crippen molar-refractivity contribution in [2.24, 2.45) is 22.4 Å². The highest BCUT2D eigenvalue weighted by Gasteiger charge is 2.36. The Morgan fingerprint density at radius 1 is 0.540 bits per heavy atom. The fourth-order valence-electron chi connectivity index (χ4n) is 8.10. The van der Waals surface area contributed by atoms with Gasteiger partial charge in [-0.15, -0.1) is 0 Å². The molecule has 1 aromatic heterocycles. The molecule has 0 aliphatic heterocycles. The molecule has 13 atom stereocenters. The maximum atomic E-state index is 14.3. The number of hydrogen-bond donors (Lipinski definition) is 18. The van der Waals surface area contributed by atoms with Crippen molar-refractivity contribution in [3.8, 4) is 0 Å².